The number of carbonyl (C=O) groups excluding carboxylic acids is 2. The van der Waals surface area contributed by atoms with E-state index in [1.165, 1.54) is 36.0 Å². The van der Waals surface area contributed by atoms with Crippen LogP contribution >= 0.6 is 23.4 Å². The van der Waals surface area contributed by atoms with Crippen LogP contribution in [0.5, 0.6) is 0 Å². The van der Waals surface area contributed by atoms with Crippen LogP contribution in [0.3, 0.4) is 0 Å². The van der Waals surface area contributed by atoms with Crippen molar-refractivity contribution in [3.05, 3.63) is 113 Å². The van der Waals surface area contributed by atoms with Crippen molar-refractivity contribution in [2.24, 2.45) is 0 Å². The van der Waals surface area contributed by atoms with Crippen LogP contribution in [0.1, 0.15) is 32.6 Å². The van der Waals surface area contributed by atoms with Gasteiger partial charge in [0.1, 0.15) is 11.1 Å². The van der Waals surface area contributed by atoms with Crippen molar-refractivity contribution in [3.63, 3.8) is 0 Å². The van der Waals surface area contributed by atoms with Gasteiger partial charge in [0.2, 0.25) is 5.91 Å². The summed E-state index contributed by atoms with van der Waals surface area (Å²) >= 11 is 7.52. The minimum atomic E-state index is -3.85. The SMILES string of the molecule is Cc1ccc(Cl)cc1NS(=O)(=O)c1ccc(NC(=O)c2ccc([C@@H]3SCC(=O)N3Cc3ccco3)cc2)cc1. The molecule has 0 saturated carbocycles. The Morgan fingerprint density at radius 1 is 1.08 bits per heavy atom. The van der Waals surface area contributed by atoms with E-state index in [1.54, 1.807) is 54.5 Å². The largest absolute Gasteiger partial charge is 0.467 e. The van der Waals surface area contributed by atoms with Crippen molar-refractivity contribution < 1.29 is 22.4 Å². The summed E-state index contributed by atoms with van der Waals surface area (Å²) < 4.78 is 33.6. The number of furan rings is 1. The summed E-state index contributed by atoms with van der Waals surface area (Å²) in [6.45, 7) is 2.16. The Morgan fingerprint density at radius 2 is 1.82 bits per heavy atom. The molecule has 0 spiro atoms. The van der Waals surface area contributed by atoms with Crippen molar-refractivity contribution in [1.82, 2.24) is 4.90 Å². The van der Waals surface area contributed by atoms with Crippen molar-refractivity contribution in [3.8, 4) is 0 Å². The number of hydrogen-bond donors (Lipinski definition) is 2. The molecular weight excluding hydrogens is 558 g/mol. The Balaban J connectivity index is 1.23. The third kappa shape index (κ3) is 6.13. The summed E-state index contributed by atoms with van der Waals surface area (Å²) in [6.07, 6.45) is 1.58. The molecule has 1 atom stereocenters. The molecule has 3 aromatic carbocycles. The maximum absolute atomic E-state index is 12.8. The van der Waals surface area contributed by atoms with Gasteiger partial charge in [0, 0.05) is 16.3 Å². The zero-order valence-corrected chi connectivity index (χ0v) is 23.1. The van der Waals surface area contributed by atoms with E-state index in [2.05, 4.69) is 10.0 Å². The minimum absolute atomic E-state index is 0.0339. The molecule has 0 radical (unpaired) electrons. The predicted molar refractivity (Wildman–Crippen MR) is 152 cm³/mol. The fourth-order valence-corrected chi connectivity index (χ4v) is 6.58. The molecule has 0 aliphatic carbocycles. The molecule has 5 rings (SSSR count). The molecule has 4 aromatic rings. The lowest BCUT2D eigenvalue weighted by Crippen LogP contribution is -2.27. The number of aryl methyl sites for hydroxylation is 1. The van der Waals surface area contributed by atoms with Gasteiger partial charge in [0.25, 0.3) is 15.9 Å². The highest BCUT2D eigenvalue weighted by Gasteiger charge is 2.33. The topological polar surface area (TPSA) is 109 Å². The van der Waals surface area contributed by atoms with Crippen LogP contribution in [0.15, 0.2) is 94.4 Å². The molecule has 11 heteroatoms. The van der Waals surface area contributed by atoms with Crippen LogP contribution in [-0.2, 0) is 21.4 Å². The Bertz CT molecular complexity index is 1610. The summed E-state index contributed by atoms with van der Waals surface area (Å²) in [6, 6.07) is 21.6. The molecule has 200 valence electrons. The van der Waals surface area contributed by atoms with Crippen LogP contribution in [0.4, 0.5) is 11.4 Å². The number of amides is 2. The van der Waals surface area contributed by atoms with Crippen molar-refractivity contribution >= 4 is 56.6 Å². The molecular formula is C28H24ClN3O5S2. The highest BCUT2D eigenvalue weighted by Crippen LogP contribution is 2.39. The van der Waals surface area contributed by atoms with E-state index in [4.69, 9.17) is 16.0 Å². The Kier molecular flexibility index (Phi) is 7.69. The van der Waals surface area contributed by atoms with Gasteiger partial charge in [-0.25, -0.2) is 8.42 Å². The first-order valence-electron chi connectivity index (χ1n) is 11.9. The second-order valence-corrected chi connectivity index (χ2v) is 12.1. The van der Waals surface area contributed by atoms with Gasteiger partial charge in [-0.2, -0.15) is 0 Å². The molecule has 0 bridgehead atoms. The lowest BCUT2D eigenvalue weighted by Gasteiger charge is -2.23. The highest BCUT2D eigenvalue weighted by atomic mass is 35.5. The first kappa shape index (κ1) is 26.9. The van der Waals surface area contributed by atoms with Gasteiger partial charge >= 0.3 is 0 Å². The van der Waals surface area contributed by atoms with Gasteiger partial charge in [-0.1, -0.05) is 29.8 Å². The monoisotopic (exact) mass is 581 g/mol. The lowest BCUT2D eigenvalue weighted by atomic mass is 10.1. The molecule has 0 unspecified atom stereocenters. The molecule has 2 heterocycles. The molecule has 1 saturated heterocycles. The quantitative estimate of drug-likeness (QED) is 0.261. The molecule has 1 fully saturated rings. The number of thioether (sulfide) groups is 1. The predicted octanol–water partition coefficient (Wildman–Crippen LogP) is 6.07. The summed E-state index contributed by atoms with van der Waals surface area (Å²) in [5.41, 5.74) is 2.92. The summed E-state index contributed by atoms with van der Waals surface area (Å²) in [5.74, 6) is 0.785. The Morgan fingerprint density at radius 3 is 2.51 bits per heavy atom. The first-order chi connectivity index (χ1) is 18.7. The average Bonchev–Trinajstić information content (AvgIpc) is 3.57. The average molecular weight is 582 g/mol. The number of anilines is 2. The molecule has 39 heavy (non-hydrogen) atoms. The highest BCUT2D eigenvalue weighted by molar-refractivity contribution is 8.00. The maximum Gasteiger partial charge on any atom is 0.261 e. The summed E-state index contributed by atoms with van der Waals surface area (Å²) in [4.78, 5) is 27.1. The second kappa shape index (κ2) is 11.2. The Hall–Kier alpha value is -3.73. The number of nitrogens with one attached hydrogen (secondary N) is 2. The molecule has 1 aliphatic rings. The molecule has 1 aromatic heterocycles. The molecule has 2 N–H and O–H groups in total. The number of benzene rings is 3. The maximum atomic E-state index is 12.8. The molecule has 2 amide bonds. The van der Waals surface area contributed by atoms with E-state index in [9.17, 15) is 18.0 Å². The smallest absolute Gasteiger partial charge is 0.261 e. The van der Waals surface area contributed by atoms with E-state index in [1.807, 2.05) is 18.2 Å². The number of carbonyl (C=O) groups is 2. The second-order valence-electron chi connectivity index (χ2n) is 8.93. The van der Waals surface area contributed by atoms with Gasteiger partial charge in [-0.3, -0.25) is 14.3 Å². The fraction of sp³-hybridized carbons (Fsp3) is 0.143. The summed E-state index contributed by atoms with van der Waals surface area (Å²) in [7, 11) is -3.85. The zero-order valence-electron chi connectivity index (χ0n) is 20.8. The number of sulfonamides is 1. The lowest BCUT2D eigenvalue weighted by molar-refractivity contribution is -0.128. The van der Waals surface area contributed by atoms with E-state index in [-0.39, 0.29) is 22.1 Å². The van der Waals surface area contributed by atoms with E-state index >= 15 is 0 Å². The number of nitrogens with zero attached hydrogens (tertiary/aromatic N) is 1. The van der Waals surface area contributed by atoms with Crippen LogP contribution in [-0.4, -0.2) is 30.9 Å². The number of hydrogen-bond acceptors (Lipinski definition) is 6. The first-order valence-corrected chi connectivity index (χ1v) is 14.8. The van der Waals surface area contributed by atoms with E-state index in [0.29, 0.717) is 40.0 Å². The standard InChI is InChI=1S/C28H24ClN3O5S2/c1-18-4-9-21(29)15-25(18)31-39(35,36)24-12-10-22(11-13-24)30-27(34)19-5-7-20(8-6-19)28-32(26(33)17-38-28)16-23-3-2-14-37-23/h2-15,28,31H,16-17H2,1H3,(H,30,34)/t28-/m0/s1. The van der Waals surface area contributed by atoms with Gasteiger partial charge in [0.15, 0.2) is 0 Å². The molecule has 8 nitrogen and oxygen atoms in total. The number of rotatable bonds is 8. The number of halogens is 1. The van der Waals surface area contributed by atoms with Crippen molar-refractivity contribution in [2.75, 3.05) is 15.8 Å². The van der Waals surface area contributed by atoms with Gasteiger partial charge < -0.3 is 14.6 Å². The van der Waals surface area contributed by atoms with Crippen molar-refractivity contribution in [2.45, 2.75) is 23.7 Å². The van der Waals surface area contributed by atoms with Crippen LogP contribution in [0.2, 0.25) is 5.02 Å². The minimum Gasteiger partial charge on any atom is -0.467 e. The third-order valence-corrected chi connectivity index (χ3v) is 9.07. The van der Waals surface area contributed by atoms with E-state index < -0.39 is 10.0 Å². The van der Waals surface area contributed by atoms with Gasteiger partial charge in [0.05, 0.1) is 29.1 Å². The zero-order chi connectivity index (χ0) is 27.6. The van der Waals surface area contributed by atoms with Crippen LogP contribution in [0.25, 0.3) is 0 Å². The molecule has 1 aliphatic heterocycles. The summed E-state index contributed by atoms with van der Waals surface area (Å²) in [5, 5.41) is 3.04. The normalized spacial score (nSPS) is 15.4. The van der Waals surface area contributed by atoms with Crippen molar-refractivity contribution in [1.29, 1.82) is 0 Å². The Labute approximate surface area is 235 Å². The third-order valence-electron chi connectivity index (χ3n) is 6.20. The fourth-order valence-electron chi connectivity index (χ4n) is 4.10. The van der Waals surface area contributed by atoms with Crippen LogP contribution in [0, 0.1) is 6.92 Å². The van der Waals surface area contributed by atoms with Gasteiger partial charge in [-0.15, -0.1) is 11.8 Å². The van der Waals surface area contributed by atoms with E-state index in [0.717, 1.165) is 11.1 Å². The van der Waals surface area contributed by atoms with Gasteiger partial charge in [-0.05, 0) is 78.7 Å². The van der Waals surface area contributed by atoms with Crippen LogP contribution < -0.4 is 10.0 Å².